The molecule has 2 aromatic heterocycles. The summed E-state index contributed by atoms with van der Waals surface area (Å²) in [5.41, 5.74) is 1.46. The fourth-order valence-corrected chi connectivity index (χ4v) is 4.06. The summed E-state index contributed by atoms with van der Waals surface area (Å²) >= 11 is 1.42. The summed E-state index contributed by atoms with van der Waals surface area (Å²) < 4.78 is 12.3. The van der Waals surface area contributed by atoms with Crippen LogP contribution in [0.5, 0.6) is 11.5 Å². The van der Waals surface area contributed by atoms with Gasteiger partial charge >= 0.3 is 0 Å². The Labute approximate surface area is 188 Å². The molecule has 0 fully saturated rings. The molecule has 2 heterocycles. The predicted octanol–water partition coefficient (Wildman–Crippen LogP) is 3.94. The molecule has 0 saturated heterocycles. The van der Waals surface area contributed by atoms with Crippen molar-refractivity contribution in [3.63, 3.8) is 0 Å². The molecule has 0 radical (unpaired) electrons. The molecule has 4 aromatic rings. The Morgan fingerprint density at radius 1 is 1.12 bits per heavy atom. The van der Waals surface area contributed by atoms with Crippen molar-refractivity contribution in [3.8, 4) is 11.5 Å². The van der Waals surface area contributed by atoms with Gasteiger partial charge in [0.15, 0.2) is 0 Å². The van der Waals surface area contributed by atoms with Crippen molar-refractivity contribution in [2.75, 3.05) is 12.4 Å². The SMILES string of the molecule is CCCc1nn2c(=O)cc(COc3ccc(NC(=O)c4cccc(OC)c4)cc3)nc2s1. The van der Waals surface area contributed by atoms with Crippen molar-refractivity contribution in [1.29, 1.82) is 0 Å². The third-order valence-electron chi connectivity index (χ3n) is 4.63. The van der Waals surface area contributed by atoms with Crippen LogP contribution in [0.4, 0.5) is 5.69 Å². The molecule has 1 N–H and O–H groups in total. The molecule has 0 aliphatic heterocycles. The zero-order valence-electron chi connectivity index (χ0n) is 17.7. The monoisotopic (exact) mass is 450 g/mol. The summed E-state index contributed by atoms with van der Waals surface area (Å²) in [7, 11) is 1.56. The van der Waals surface area contributed by atoms with Gasteiger partial charge in [-0.3, -0.25) is 9.59 Å². The van der Waals surface area contributed by atoms with Crippen molar-refractivity contribution in [2.24, 2.45) is 0 Å². The number of nitrogens with zero attached hydrogens (tertiary/aromatic N) is 3. The summed E-state index contributed by atoms with van der Waals surface area (Å²) in [5, 5.41) is 8.03. The molecular weight excluding hydrogens is 428 g/mol. The van der Waals surface area contributed by atoms with E-state index in [0.717, 1.165) is 17.8 Å². The Bertz CT molecular complexity index is 1300. The van der Waals surface area contributed by atoms with Crippen LogP contribution in [0.3, 0.4) is 0 Å². The topological polar surface area (TPSA) is 94.8 Å². The highest BCUT2D eigenvalue weighted by Gasteiger charge is 2.10. The standard InChI is InChI=1S/C23H22N4O4S/c1-3-5-20-26-27-21(28)13-17(25-23(27)32-20)14-31-18-10-8-16(9-11-18)24-22(29)15-6-4-7-19(12-15)30-2/h4,6-13H,3,5,14H2,1-2H3,(H,24,29). The number of hydrogen-bond acceptors (Lipinski definition) is 7. The Balaban J connectivity index is 1.39. The molecule has 9 heteroatoms. The van der Waals surface area contributed by atoms with Crippen LogP contribution in [0.1, 0.15) is 34.4 Å². The van der Waals surface area contributed by atoms with Gasteiger partial charge < -0.3 is 14.8 Å². The van der Waals surface area contributed by atoms with E-state index < -0.39 is 0 Å². The van der Waals surface area contributed by atoms with Gasteiger partial charge in [-0.15, -0.1) is 0 Å². The Morgan fingerprint density at radius 3 is 2.69 bits per heavy atom. The van der Waals surface area contributed by atoms with E-state index in [1.165, 1.54) is 21.9 Å². The largest absolute Gasteiger partial charge is 0.497 e. The highest BCUT2D eigenvalue weighted by atomic mass is 32.1. The van der Waals surface area contributed by atoms with E-state index >= 15 is 0 Å². The Hall–Kier alpha value is -3.72. The minimum Gasteiger partial charge on any atom is -0.497 e. The van der Waals surface area contributed by atoms with Gasteiger partial charge in [0, 0.05) is 23.7 Å². The van der Waals surface area contributed by atoms with Crippen LogP contribution in [0.2, 0.25) is 0 Å². The number of methoxy groups -OCH3 is 1. The summed E-state index contributed by atoms with van der Waals surface area (Å²) in [5.74, 6) is 0.984. The van der Waals surface area contributed by atoms with Crippen LogP contribution >= 0.6 is 11.3 Å². The summed E-state index contributed by atoms with van der Waals surface area (Å²) in [6, 6.07) is 15.4. The average molecular weight is 451 g/mol. The molecule has 0 saturated carbocycles. The van der Waals surface area contributed by atoms with Gasteiger partial charge in [0.2, 0.25) is 4.96 Å². The zero-order valence-corrected chi connectivity index (χ0v) is 18.5. The third-order valence-corrected chi connectivity index (χ3v) is 5.60. The quantitative estimate of drug-likeness (QED) is 0.437. The molecule has 0 unspecified atom stereocenters. The third kappa shape index (κ3) is 4.94. The maximum absolute atomic E-state index is 12.4. The first kappa shape index (κ1) is 21.5. The maximum Gasteiger partial charge on any atom is 0.275 e. The van der Waals surface area contributed by atoms with E-state index in [-0.39, 0.29) is 18.1 Å². The number of ether oxygens (including phenoxy) is 2. The fourth-order valence-electron chi connectivity index (χ4n) is 3.04. The van der Waals surface area contributed by atoms with Gasteiger partial charge in [0.25, 0.3) is 11.5 Å². The van der Waals surface area contributed by atoms with Gasteiger partial charge in [-0.1, -0.05) is 24.3 Å². The molecule has 0 spiro atoms. The van der Waals surface area contributed by atoms with Crippen LogP contribution in [0.15, 0.2) is 59.4 Å². The molecule has 32 heavy (non-hydrogen) atoms. The van der Waals surface area contributed by atoms with Gasteiger partial charge in [-0.05, 0) is 48.9 Å². The summed E-state index contributed by atoms with van der Waals surface area (Å²) in [6.45, 7) is 2.22. The van der Waals surface area contributed by atoms with Crippen LogP contribution < -0.4 is 20.3 Å². The van der Waals surface area contributed by atoms with E-state index in [9.17, 15) is 9.59 Å². The maximum atomic E-state index is 12.4. The lowest BCUT2D eigenvalue weighted by atomic mass is 10.2. The normalized spacial score (nSPS) is 10.8. The lowest BCUT2D eigenvalue weighted by Crippen LogP contribution is -2.16. The number of aryl methyl sites for hydroxylation is 1. The smallest absolute Gasteiger partial charge is 0.275 e. The van der Waals surface area contributed by atoms with Crippen LogP contribution in [0, 0.1) is 0 Å². The minimum atomic E-state index is -0.234. The predicted molar refractivity (Wildman–Crippen MR) is 123 cm³/mol. The fraction of sp³-hybridized carbons (Fsp3) is 0.217. The van der Waals surface area contributed by atoms with E-state index in [4.69, 9.17) is 9.47 Å². The van der Waals surface area contributed by atoms with Crippen molar-refractivity contribution in [2.45, 2.75) is 26.4 Å². The number of amides is 1. The number of rotatable bonds is 8. The van der Waals surface area contributed by atoms with Crippen LogP contribution in [-0.4, -0.2) is 27.6 Å². The second-order valence-electron chi connectivity index (χ2n) is 7.03. The number of carbonyl (C=O) groups excluding carboxylic acids is 1. The first-order chi connectivity index (χ1) is 15.6. The lowest BCUT2D eigenvalue weighted by molar-refractivity contribution is 0.102. The number of nitrogens with one attached hydrogen (secondary N) is 1. The van der Waals surface area contributed by atoms with Crippen molar-refractivity contribution in [1.82, 2.24) is 14.6 Å². The van der Waals surface area contributed by atoms with E-state index in [1.54, 1.807) is 55.6 Å². The number of fused-ring (bicyclic) bond motifs is 1. The molecule has 8 nitrogen and oxygen atoms in total. The Kier molecular flexibility index (Phi) is 6.46. The Morgan fingerprint density at radius 2 is 1.94 bits per heavy atom. The molecule has 164 valence electrons. The van der Waals surface area contributed by atoms with E-state index in [0.29, 0.717) is 33.4 Å². The number of anilines is 1. The molecule has 0 atom stereocenters. The van der Waals surface area contributed by atoms with Gasteiger partial charge in [-0.2, -0.15) is 9.61 Å². The molecular formula is C23H22N4O4S. The molecule has 1 amide bonds. The molecule has 0 aliphatic rings. The molecule has 2 aromatic carbocycles. The molecule has 4 rings (SSSR count). The first-order valence-electron chi connectivity index (χ1n) is 10.1. The molecule has 0 bridgehead atoms. The minimum absolute atomic E-state index is 0.155. The second kappa shape index (κ2) is 9.61. The lowest BCUT2D eigenvalue weighted by Gasteiger charge is -2.09. The number of carbonyl (C=O) groups is 1. The zero-order chi connectivity index (χ0) is 22.5. The van der Waals surface area contributed by atoms with Crippen molar-refractivity contribution in [3.05, 3.63) is 81.2 Å². The van der Waals surface area contributed by atoms with Gasteiger partial charge in [0.1, 0.15) is 23.1 Å². The van der Waals surface area contributed by atoms with Crippen molar-refractivity contribution >= 4 is 27.9 Å². The molecule has 0 aliphatic carbocycles. The number of benzene rings is 2. The highest BCUT2D eigenvalue weighted by Crippen LogP contribution is 2.19. The average Bonchev–Trinajstić information content (AvgIpc) is 3.22. The van der Waals surface area contributed by atoms with Crippen molar-refractivity contribution < 1.29 is 14.3 Å². The van der Waals surface area contributed by atoms with E-state index in [1.807, 2.05) is 0 Å². The highest BCUT2D eigenvalue weighted by molar-refractivity contribution is 7.16. The van der Waals surface area contributed by atoms with Crippen LogP contribution in [0.25, 0.3) is 4.96 Å². The summed E-state index contributed by atoms with van der Waals surface area (Å²) in [4.78, 5) is 29.8. The van der Waals surface area contributed by atoms with Gasteiger partial charge in [0.05, 0.1) is 12.8 Å². The second-order valence-corrected chi connectivity index (χ2v) is 8.07. The number of aromatic nitrogens is 3. The van der Waals surface area contributed by atoms with Gasteiger partial charge in [-0.25, -0.2) is 4.98 Å². The first-order valence-corrected chi connectivity index (χ1v) is 10.9. The number of hydrogen-bond donors (Lipinski definition) is 1. The van der Waals surface area contributed by atoms with Crippen LogP contribution in [-0.2, 0) is 13.0 Å². The van der Waals surface area contributed by atoms with E-state index in [2.05, 4.69) is 22.3 Å². The summed E-state index contributed by atoms with van der Waals surface area (Å²) in [6.07, 6.45) is 1.78.